The summed E-state index contributed by atoms with van der Waals surface area (Å²) in [7, 11) is 0. The van der Waals surface area contributed by atoms with Crippen molar-refractivity contribution in [2.45, 2.75) is 12.6 Å². The summed E-state index contributed by atoms with van der Waals surface area (Å²) in [5, 5.41) is 3.15. The fraction of sp³-hybridized carbons (Fsp3) is 0.182. The molecule has 4 nitrogen and oxygen atoms in total. The molecule has 1 aromatic heterocycles. The van der Waals surface area contributed by atoms with Crippen LogP contribution in [0.25, 0.3) is 0 Å². The number of aromatic nitrogens is 3. The van der Waals surface area contributed by atoms with Crippen LogP contribution in [0.5, 0.6) is 0 Å². The second-order valence-corrected chi connectivity index (χ2v) is 3.71. The van der Waals surface area contributed by atoms with Crippen LogP contribution in [0, 0.1) is 0 Å². The third-order valence-electron chi connectivity index (χ3n) is 2.43. The first-order valence-electron chi connectivity index (χ1n) is 5.13. The van der Waals surface area contributed by atoms with Crippen molar-refractivity contribution >= 4 is 5.78 Å². The molecule has 100 valence electrons. The summed E-state index contributed by atoms with van der Waals surface area (Å²) in [4.78, 5) is 15.2. The van der Waals surface area contributed by atoms with Gasteiger partial charge in [-0.2, -0.15) is 13.2 Å². The molecule has 0 aliphatic heterocycles. The van der Waals surface area contributed by atoms with Gasteiger partial charge in [0.15, 0.2) is 11.6 Å². The Balaban J connectivity index is 2.14. The van der Waals surface area contributed by atoms with Gasteiger partial charge in [0.05, 0.1) is 12.0 Å². The zero-order valence-electron chi connectivity index (χ0n) is 9.36. The van der Waals surface area contributed by atoms with Gasteiger partial charge in [-0.1, -0.05) is 21.5 Å². The summed E-state index contributed by atoms with van der Waals surface area (Å²) >= 11 is 0. The maximum Gasteiger partial charge on any atom is 0.416 e. The maximum atomic E-state index is 12.9. The molecule has 0 unspecified atom stereocenters. The minimum atomic E-state index is -4.46. The van der Waals surface area contributed by atoms with Crippen molar-refractivity contribution in [2.24, 2.45) is 0 Å². The molecule has 1 aromatic carbocycles. The van der Waals surface area contributed by atoms with Crippen molar-refractivity contribution in [2.75, 3.05) is 0 Å². The summed E-state index contributed by atoms with van der Waals surface area (Å²) < 4.78 is 49.9. The van der Waals surface area contributed by atoms with E-state index in [9.17, 15) is 22.4 Å². The molecule has 1 heterocycles. The number of hydrogen-bond acceptors (Lipinski definition) is 3. The highest BCUT2D eigenvalue weighted by Gasteiger charge is 2.30. The molecule has 0 bridgehead atoms. The van der Waals surface area contributed by atoms with Crippen LogP contribution in [0.2, 0.25) is 0 Å². The number of halogens is 4. The SMILES string of the molecule is O=C(Cc1ncnn1F)c1ccc(C(F)(F)F)cc1. The van der Waals surface area contributed by atoms with Crippen molar-refractivity contribution in [1.29, 1.82) is 0 Å². The highest BCUT2D eigenvalue weighted by Crippen LogP contribution is 2.29. The molecule has 0 N–H and O–H groups in total. The number of nitrogens with zero attached hydrogens (tertiary/aromatic N) is 3. The third-order valence-corrected chi connectivity index (χ3v) is 2.43. The van der Waals surface area contributed by atoms with Crippen molar-refractivity contribution in [3.05, 3.63) is 47.5 Å². The van der Waals surface area contributed by atoms with E-state index in [0.717, 1.165) is 30.6 Å². The molecule has 0 radical (unpaired) electrons. The summed E-state index contributed by atoms with van der Waals surface area (Å²) in [6.07, 6.45) is -3.89. The number of carbonyl (C=O) groups is 1. The van der Waals surface area contributed by atoms with E-state index in [1.54, 1.807) is 0 Å². The zero-order valence-corrected chi connectivity index (χ0v) is 9.36. The van der Waals surface area contributed by atoms with Crippen LogP contribution in [0.1, 0.15) is 21.7 Å². The number of benzene rings is 1. The van der Waals surface area contributed by atoms with Gasteiger partial charge in [0.25, 0.3) is 0 Å². The predicted molar refractivity (Wildman–Crippen MR) is 56.0 cm³/mol. The third kappa shape index (κ3) is 2.95. The van der Waals surface area contributed by atoms with E-state index in [0.29, 0.717) is 0 Å². The van der Waals surface area contributed by atoms with E-state index in [1.807, 2.05) is 0 Å². The van der Waals surface area contributed by atoms with Crippen LogP contribution in [0.15, 0.2) is 30.6 Å². The number of Topliss-reactive ketones (excluding diaryl/α,β-unsaturated/α-hetero) is 1. The molecular weight excluding hydrogens is 266 g/mol. The molecule has 0 fully saturated rings. The lowest BCUT2D eigenvalue weighted by Crippen LogP contribution is -2.09. The standard InChI is InChI=1S/C11H7F4N3O/c12-11(13,14)8-3-1-7(2-4-8)9(19)5-10-16-6-17-18(10)15/h1-4,6H,5H2. The van der Waals surface area contributed by atoms with Gasteiger partial charge in [-0.25, -0.2) is 4.98 Å². The number of alkyl halides is 3. The van der Waals surface area contributed by atoms with Crippen LogP contribution in [0.3, 0.4) is 0 Å². The Kier molecular flexibility index (Phi) is 3.32. The first kappa shape index (κ1) is 13.2. The van der Waals surface area contributed by atoms with Crippen LogP contribution < -0.4 is 0 Å². The number of rotatable bonds is 3. The Bertz CT molecular complexity index is 589. The monoisotopic (exact) mass is 273 g/mol. The second-order valence-electron chi connectivity index (χ2n) is 3.71. The lowest BCUT2D eigenvalue weighted by atomic mass is 10.1. The molecule has 0 aliphatic rings. The number of carbonyl (C=O) groups excluding carboxylic acids is 1. The molecule has 19 heavy (non-hydrogen) atoms. The Morgan fingerprint density at radius 1 is 1.21 bits per heavy atom. The number of ketones is 1. The smallest absolute Gasteiger partial charge is 0.294 e. The Labute approximate surface area is 104 Å². The van der Waals surface area contributed by atoms with E-state index < -0.39 is 17.5 Å². The van der Waals surface area contributed by atoms with E-state index in [2.05, 4.69) is 10.1 Å². The molecule has 0 atom stereocenters. The van der Waals surface area contributed by atoms with Crippen molar-refractivity contribution in [3.63, 3.8) is 0 Å². The van der Waals surface area contributed by atoms with Gasteiger partial charge >= 0.3 is 6.18 Å². The molecule has 8 heteroatoms. The summed E-state index contributed by atoms with van der Waals surface area (Å²) in [6, 6.07) is 3.69. The fourth-order valence-electron chi connectivity index (χ4n) is 1.45. The second kappa shape index (κ2) is 4.79. The average molecular weight is 273 g/mol. The average Bonchev–Trinajstić information content (AvgIpc) is 2.74. The topological polar surface area (TPSA) is 47.8 Å². The van der Waals surface area contributed by atoms with E-state index in [-0.39, 0.29) is 22.7 Å². The van der Waals surface area contributed by atoms with E-state index in [1.165, 1.54) is 0 Å². The Hall–Kier alpha value is -2.25. The minimum Gasteiger partial charge on any atom is -0.294 e. The van der Waals surface area contributed by atoms with Gasteiger partial charge in [-0.05, 0) is 12.1 Å². The molecule has 0 spiro atoms. The zero-order chi connectivity index (χ0) is 14.0. The Morgan fingerprint density at radius 3 is 2.32 bits per heavy atom. The van der Waals surface area contributed by atoms with E-state index in [4.69, 9.17) is 0 Å². The van der Waals surface area contributed by atoms with Crippen LogP contribution >= 0.6 is 0 Å². The largest absolute Gasteiger partial charge is 0.416 e. The van der Waals surface area contributed by atoms with Gasteiger partial charge in [0.2, 0.25) is 0 Å². The number of hydrogen-bond donors (Lipinski definition) is 0. The highest BCUT2D eigenvalue weighted by atomic mass is 19.4. The normalized spacial score (nSPS) is 11.6. The van der Waals surface area contributed by atoms with Gasteiger partial charge in [-0.3, -0.25) is 4.79 Å². The van der Waals surface area contributed by atoms with E-state index >= 15 is 0 Å². The quantitative estimate of drug-likeness (QED) is 0.637. The first-order chi connectivity index (χ1) is 8.88. The van der Waals surface area contributed by atoms with Crippen molar-refractivity contribution in [3.8, 4) is 0 Å². The van der Waals surface area contributed by atoms with Crippen LogP contribution in [-0.2, 0) is 12.6 Å². The molecular formula is C11H7F4N3O. The van der Waals surface area contributed by atoms with Crippen molar-refractivity contribution in [1.82, 2.24) is 15.0 Å². The van der Waals surface area contributed by atoms with Gasteiger partial charge in [0.1, 0.15) is 6.33 Å². The lowest BCUT2D eigenvalue weighted by Gasteiger charge is -2.06. The molecule has 0 saturated carbocycles. The Morgan fingerprint density at radius 2 is 1.84 bits per heavy atom. The molecule has 0 amide bonds. The van der Waals surface area contributed by atoms with Crippen LogP contribution in [0.4, 0.5) is 17.7 Å². The molecule has 2 aromatic rings. The summed E-state index contributed by atoms with van der Waals surface area (Å²) in [5.41, 5.74) is -0.797. The molecule has 2 rings (SSSR count). The predicted octanol–water partition coefficient (Wildman–Crippen LogP) is 2.45. The first-order valence-corrected chi connectivity index (χ1v) is 5.13. The highest BCUT2D eigenvalue weighted by molar-refractivity contribution is 5.97. The van der Waals surface area contributed by atoms with Crippen molar-refractivity contribution < 1.29 is 22.4 Å². The molecule has 0 aliphatic carbocycles. The maximum absolute atomic E-state index is 12.9. The fourth-order valence-corrected chi connectivity index (χ4v) is 1.45. The molecule has 0 saturated heterocycles. The minimum absolute atomic E-state index is 0.0519. The lowest BCUT2D eigenvalue weighted by molar-refractivity contribution is -0.137. The van der Waals surface area contributed by atoms with Gasteiger partial charge in [-0.15, -0.1) is 5.10 Å². The van der Waals surface area contributed by atoms with Gasteiger partial charge in [0, 0.05) is 5.56 Å². The van der Waals surface area contributed by atoms with Gasteiger partial charge < -0.3 is 0 Å². The summed E-state index contributed by atoms with van der Waals surface area (Å²) in [5.74, 6) is -0.745. The summed E-state index contributed by atoms with van der Waals surface area (Å²) in [6.45, 7) is 0. The van der Waals surface area contributed by atoms with Crippen LogP contribution in [-0.4, -0.2) is 20.8 Å².